The third kappa shape index (κ3) is 2.83. The van der Waals surface area contributed by atoms with Crippen LogP contribution < -0.4 is 10.4 Å². The van der Waals surface area contributed by atoms with Crippen molar-refractivity contribution in [3.05, 3.63) is 84.1 Å². The molecule has 20 heavy (non-hydrogen) atoms. The quantitative estimate of drug-likeness (QED) is 0.754. The summed E-state index contributed by atoms with van der Waals surface area (Å²) in [4.78, 5) is 0. The maximum absolute atomic E-state index is 2.44. The maximum Gasteiger partial charge on any atom is -0.0226 e. The molecule has 0 bridgehead atoms. The normalized spacial score (nSPS) is 17.6. The van der Waals surface area contributed by atoms with Crippen LogP contribution in [0.2, 0.25) is 0 Å². The van der Waals surface area contributed by atoms with Crippen LogP contribution in [0.25, 0.3) is 0 Å². The van der Waals surface area contributed by atoms with Gasteiger partial charge in [0.25, 0.3) is 0 Å². The highest BCUT2D eigenvalue weighted by Gasteiger charge is 2.06. The Morgan fingerprint density at radius 2 is 1.40 bits per heavy atom. The highest BCUT2D eigenvalue weighted by Crippen LogP contribution is 2.17. The molecule has 0 radical (unpaired) electrons. The minimum Gasteiger partial charge on any atom is -0.219 e. The smallest absolute Gasteiger partial charge is 0.0226 e. The number of hydrogen-bond donors (Lipinski definition) is 0. The number of rotatable bonds is 3. The van der Waals surface area contributed by atoms with Crippen molar-refractivity contribution in [1.29, 1.82) is 0 Å². The molecule has 2 aromatic carbocycles. The second-order valence-electron chi connectivity index (χ2n) is 5.34. The van der Waals surface area contributed by atoms with Gasteiger partial charge < -0.3 is 0 Å². The first-order chi connectivity index (χ1) is 9.84. The summed E-state index contributed by atoms with van der Waals surface area (Å²) in [5.41, 5.74) is 0. The summed E-state index contributed by atoms with van der Waals surface area (Å²) < 4.78 is 0. The second kappa shape index (κ2) is 6.06. The van der Waals surface area contributed by atoms with E-state index in [1.54, 1.807) is 0 Å². The first-order valence-corrected chi connectivity index (χ1v) is 8.71. The molecule has 3 rings (SSSR count). The summed E-state index contributed by atoms with van der Waals surface area (Å²) in [6.45, 7) is 2.28. The molecule has 2 aromatic rings. The van der Waals surface area contributed by atoms with Gasteiger partial charge in [0.05, 0.1) is 0 Å². The molecule has 0 fully saturated rings. The van der Waals surface area contributed by atoms with Crippen molar-refractivity contribution in [3.63, 3.8) is 0 Å². The van der Waals surface area contributed by atoms with Crippen LogP contribution in [0.3, 0.4) is 0 Å². The van der Waals surface area contributed by atoms with Crippen molar-refractivity contribution in [2.75, 3.05) is 0 Å². The Morgan fingerprint density at radius 3 is 1.85 bits per heavy atom. The lowest BCUT2D eigenvalue weighted by Crippen LogP contribution is -2.44. The van der Waals surface area contributed by atoms with Crippen molar-refractivity contribution in [1.82, 2.24) is 0 Å². The fourth-order valence-corrected chi connectivity index (χ4v) is 5.26. The average molecular weight is 275 g/mol. The van der Waals surface area contributed by atoms with Gasteiger partial charge >= 0.3 is 0 Å². The highest BCUT2D eigenvalue weighted by atomic mass is 28.3. The number of benzene rings is 2. The van der Waals surface area contributed by atoms with Gasteiger partial charge in [-0.05, 0) is 12.3 Å². The summed E-state index contributed by atoms with van der Waals surface area (Å²) >= 11 is 0. The van der Waals surface area contributed by atoms with E-state index in [0.29, 0.717) is 5.92 Å². The molecular weight excluding hydrogens is 256 g/mol. The zero-order valence-electron chi connectivity index (χ0n) is 11.8. The van der Waals surface area contributed by atoms with E-state index in [2.05, 4.69) is 85.8 Å². The van der Waals surface area contributed by atoms with Crippen LogP contribution in [-0.2, 0) is 0 Å². The van der Waals surface area contributed by atoms with Gasteiger partial charge in [-0.2, -0.15) is 15.6 Å². The van der Waals surface area contributed by atoms with Crippen molar-refractivity contribution in [2.45, 2.75) is 13.3 Å². The summed E-state index contributed by atoms with van der Waals surface area (Å²) in [5, 5.41) is 4.45. The van der Waals surface area contributed by atoms with Crippen molar-refractivity contribution < 1.29 is 0 Å². The van der Waals surface area contributed by atoms with Crippen LogP contribution in [0.5, 0.6) is 0 Å². The molecule has 1 aliphatic carbocycles. The van der Waals surface area contributed by atoms with Gasteiger partial charge in [0.15, 0.2) is 0 Å². The van der Waals surface area contributed by atoms with E-state index in [1.165, 1.54) is 22.0 Å². The third-order valence-electron chi connectivity index (χ3n) is 3.73. The Morgan fingerprint density at radius 1 is 0.850 bits per heavy atom. The summed E-state index contributed by atoms with van der Waals surface area (Å²) in [5.74, 6) is 0.675. The Kier molecular flexibility index (Phi) is 3.98. The molecule has 0 spiro atoms. The van der Waals surface area contributed by atoms with Crippen molar-refractivity contribution in [3.8, 4) is 0 Å². The zero-order valence-corrected chi connectivity index (χ0v) is 12.8. The van der Waals surface area contributed by atoms with Crippen LogP contribution >= 0.6 is 0 Å². The molecule has 0 amide bonds. The Bertz CT molecular complexity index is 571. The molecule has 1 atom stereocenters. The third-order valence-corrected chi connectivity index (χ3v) is 6.50. The minimum atomic E-state index is -0.849. The molecule has 0 aliphatic heterocycles. The molecule has 0 nitrogen and oxygen atoms in total. The molecule has 0 heterocycles. The second-order valence-corrected chi connectivity index (χ2v) is 7.82. The van der Waals surface area contributed by atoms with Gasteiger partial charge in [-0.25, -0.2) is 8.80 Å². The van der Waals surface area contributed by atoms with Gasteiger partial charge in [0, 0.05) is 0 Å². The molecule has 100 valence electrons. The lowest BCUT2D eigenvalue weighted by atomic mass is 10.0. The first kappa shape index (κ1) is 13.1. The Labute approximate surface area is 123 Å². The van der Waals surface area contributed by atoms with E-state index >= 15 is 0 Å². The minimum absolute atomic E-state index is 0.675. The molecule has 1 heteroatoms. The SMILES string of the molecule is CC1C=CC([Si-](c2ccccc2)c2ccccc2)=CC1. The monoisotopic (exact) mass is 275 g/mol. The van der Waals surface area contributed by atoms with Gasteiger partial charge in [0.1, 0.15) is 0 Å². The van der Waals surface area contributed by atoms with Gasteiger partial charge in [-0.1, -0.05) is 79.7 Å². The van der Waals surface area contributed by atoms with E-state index in [-0.39, 0.29) is 0 Å². The van der Waals surface area contributed by atoms with Crippen LogP contribution in [0.15, 0.2) is 84.1 Å². The average Bonchev–Trinajstić information content (AvgIpc) is 2.52. The van der Waals surface area contributed by atoms with Crippen LogP contribution in [0.1, 0.15) is 13.3 Å². The van der Waals surface area contributed by atoms with Crippen molar-refractivity contribution >= 4 is 19.2 Å². The first-order valence-electron chi connectivity index (χ1n) is 7.21. The van der Waals surface area contributed by atoms with Crippen LogP contribution in [0.4, 0.5) is 0 Å². The molecule has 1 unspecified atom stereocenters. The van der Waals surface area contributed by atoms with E-state index < -0.39 is 8.80 Å². The fourth-order valence-electron chi connectivity index (χ4n) is 2.62. The lowest BCUT2D eigenvalue weighted by molar-refractivity contribution is 0.735. The van der Waals surface area contributed by atoms with Crippen LogP contribution in [0, 0.1) is 5.92 Å². The summed E-state index contributed by atoms with van der Waals surface area (Å²) in [6.07, 6.45) is 8.31. The molecule has 1 aliphatic rings. The highest BCUT2D eigenvalue weighted by molar-refractivity contribution is 6.91. The molecular formula is C19H19Si-. The van der Waals surface area contributed by atoms with E-state index in [9.17, 15) is 0 Å². The predicted octanol–water partition coefficient (Wildman–Crippen LogP) is 3.36. The molecule has 0 aromatic heterocycles. The number of allylic oxidation sites excluding steroid dienone is 4. The van der Waals surface area contributed by atoms with E-state index in [0.717, 1.165) is 0 Å². The standard InChI is InChI=1S/C19H19Si/c1-16-12-14-19(15-13-16)20(17-8-4-2-5-9-17)18-10-6-3-7-11-18/h2-12,14-16H,13H2,1H3/q-1. The van der Waals surface area contributed by atoms with Crippen molar-refractivity contribution in [2.24, 2.45) is 5.92 Å². The predicted molar refractivity (Wildman–Crippen MR) is 88.9 cm³/mol. The summed E-state index contributed by atoms with van der Waals surface area (Å²) in [6, 6.07) is 21.9. The van der Waals surface area contributed by atoms with E-state index in [4.69, 9.17) is 0 Å². The molecule has 0 saturated carbocycles. The lowest BCUT2D eigenvalue weighted by Gasteiger charge is -2.36. The van der Waals surface area contributed by atoms with Gasteiger partial charge in [0.2, 0.25) is 0 Å². The molecule has 0 saturated heterocycles. The maximum atomic E-state index is 2.44. The Hall–Kier alpha value is -1.86. The topological polar surface area (TPSA) is 0 Å². The van der Waals surface area contributed by atoms with Gasteiger partial charge in [-0.15, -0.1) is 6.08 Å². The number of hydrogen-bond acceptors (Lipinski definition) is 0. The largest absolute Gasteiger partial charge is 0.219 e. The summed E-state index contributed by atoms with van der Waals surface area (Å²) in [7, 11) is -0.849. The molecule has 0 N–H and O–H groups in total. The van der Waals surface area contributed by atoms with E-state index in [1.807, 2.05) is 0 Å². The van der Waals surface area contributed by atoms with Gasteiger partial charge in [-0.3, -0.25) is 0 Å². The zero-order chi connectivity index (χ0) is 13.8. The van der Waals surface area contributed by atoms with Crippen LogP contribution in [-0.4, -0.2) is 8.80 Å². The Balaban J connectivity index is 2.03. The fraction of sp³-hybridized carbons (Fsp3) is 0.158.